The van der Waals surface area contributed by atoms with Crippen LogP contribution in [-0.4, -0.2) is 39.1 Å². The van der Waals surface area contributed by atoms with E-state index in [9.17, 15) is 13.2 Å². The molecule has 0 aliphatic carbocycles. The van der Waals surface area contributed by atoms with Crippen molar-refractivity contribution in [3.63, 3.8) is 0 Å². The molecule has 0 aromatic heterocycles. The highest BCUT2D eigenvalue weighted by molar-refractivity contribution is 7.89. The topological polar surface area (TPSA) is 86.7 Å². The minimum atomic E-state index is -3.57. The van der Waals surface area contributed by atoms with Gasteiger partial charge < -0.3 is 10.0 Å². The molecule has 2 N–H and O–H groups in total. The largest absolute Gasteiger partial charge is 0.481 e. The van der Waals surface area contributed by atoms with Gasteiger partial charge in [0.2, 0.25) is 10.0 Å². The number of hydrogen-bond donors (Lipinski definition) is 2. The van der Waals surface area contributed by atoms with E-state index in [4.69, 9.17) is 5.11 Å². The lowest BCUT2D eigenvalue weighted by Crippen LogP contribution is -2.29. The Kier molecular flexibility index (Phi) is 5.79. The van der Waals surface area contributed by atoms with Crippen LogP contribution in [0.1, 0.15) is 32.1 Å². The molecule has 1 fully saturated rings. The highest BCUT2D eigenvalue weighted by Gasteiger charge is 2.15. The lowest BCUT2D eigenvalue weighted by Gasteiger charge is -2.28. The van der Waals surface area contributed by atoms with Crippen molar-refractivity contribution in [3.8, 4) is 0 Å². The van der Waals surface area contributed by atoms with Crippen LogP contribution < -0.4 is 9.62 Å². The Hall–Kier alpha value is -1.60. The molecule has 1 saturated heterocycles. The van der Waals surface area contributed by atoms with E-state index in [0.717, 1.165) is 18.8 Å². The molecule has 22 heavy (non-hydrogen) atoms. The molecule has 0 amide bonds. The molecule has 0 bridgehead atoms. The second-order valence-corrected chi connectivity index (χ2v) is 7.20. The van der Waals surface area contributed by atoms with E-state index >= 15 is 0 Å². The van der Waals surface area contributed by atoms with Gasteiger partial charge in [-0.2, -0.15) is 0 Å². The number of nitrogens with one attached hydrogen (secondary N) is 1. The first-order chi connectivity index (χ1) is 10.5. The summed E-state index contributed by atoms with van der Waals surface area (Å²) in [7, 11) is -3.57. The van der Waals surface area contributed by atoms with Crippen LogP contribution in [0.15, 0.2) is 29.2 Å². The second kappa shape index (κ2) is 7.60. The van der Waals surface area contributed by atoms with Crippen molar-refractivity contribution >= 4 is 21.7 Å². The van der Waals surface area contributed by atoms with Crippen LogP contribution in [0.4, 0.5) is 5.69 Å². The van der Waals surface area contributed by atoms with Gasteiger partial charge in [-0.1, -0.05) is 0 Å². The van der Waals surface area contributed by atoms with Gasteiger partial charge in [-0.05, 0) is 49.9 Å². The van der Waals surface area contributed by atoms with Crippen molar-refractivity contribution in [1.29, 1.82) is 0 Å². The van der Waals surface area contributed by atoms with E-state index in [1.165, 1.54) is 19.3 Å². The van der Waals surface area contributed by atoms with Gasteiger partial charge in [0.05, 0.1) is 4.90 Å². The number of carbonyl (C=O) groups is 1. The molecule has 1 aromatic carbocycles. The first kappa shape index (κ1) is 16.8. The number of hydrogen-bond acceptors (Lipinski definition) is 4. The van der Waals surface area contributed by atoms with Gasteiger partial charge in [0.25, 0.3) is 0 Å². The lowest BCUT2D eigenvalue weighted by molar-refractivity contribution is -0.137. The fraction of sp³-hybridized carbons (Fsp3) is 0.533. The van der Waals surface area contributed by atoms with Crippen LogP contribution in [0.2, 0.25) is 0 Å². The summed E-state index contributed by atoms with van der Waals surface area (Å²) in [4.78, 5) is 12.9. The Bertz CT molecular complexity index is 592. The molecule has 0 radical (unpaired) electrons. The minimum Gasteiger partial charge on any atom is -0.481 e. The number of carboxylic acids is 1. The van der Waals surface area contributed by atoms with Gasteiger partial charge in [-0.25, -0.2) is 13.1 Å². The number of carboxylic acid groups (broad SMARTS) is 1. The van der Waals surface area contributed by atoms with Gasteiger partial charge in [0.1, 0.15) is 0 Å². The fourth-order valence-corrected chi connectivity index (χ4v) is 3.59. The zero-order valence-corrected chi connectivity index (χ0v) is 13.3. The van der Waals surface area contributed by atoms with Crippen molar-refractivity contribution in [2.75, 3.05) is 24.5 Å². The van der Waals surface area contributed by atoms with E-state index in [1.807, 2.05) is 12.1 Å². The van der Waals surface area contributed by atoms with Crippen molar-refractivity contribution in [2.45, 2.75) is 37.0 Å². The maximum absolute atomic E-state index is 12.1. The molecule has 7 heteroatoms. The third-order valence-electron chi connectivity index (χ3n) is 3.73. The first-order valence-corrected chi connectivity index (χ1v) is 9.04. The highest BCUT2D eigenvalue weighted by Crippen LogP contribution is 2.21. The Morgan fingerprint density at radius 1 is 1.14 bits per heavy atom. The number of anilines is 1. The van der Waals surface area contributed by atoms with Crippen LogP contribution in [-0.2, 0) is 14.8 Å². The molecular formula is C15H22N2O4S. The van der Waals surface area contributed by atoms with Gasteiger partial charge >= 0.3 is 5.97 Å². The lowest BCUT2D eigenvalue weighted by atomic mass is 10.1. The molecule has 2 rings (SSSR count). The summed E-state index contributed by atoms with van der Waals surface area (Å²) in [5.74, 6) is -0.926. The predicted octanol–water partition coefficient (Wildman–Crippen LogP) is 1.82. The van der Waals surface area contributed by atoms with E-state index in [1.54, 1.807) is 12.1 Å². The zero-order chi connectivity index (χ0) is 16.0. The molecule has 0 unspecified atom stereocenters. The Labute approximate surface area is 131 Å². The smallest absolute Gasteiger partial charge is 0.303 e. The predicted molar refractivity (Wildman–Crippen MR) is 84.6 cm³/mol. The van der Waals surface area contributed by atoms with Crippen molar-refractivity contribution < 1.29 is 18.3 Å². The molecule has 1 aliphatic heterocycles. The summed E-state index contributed by atoms with van der Waals surface area (Å²) >= 11 is 0. The van der Waals surface area contributed by atoms with E-state index in [2.05, 4.69) is 9.62 Å². The number of rotatable bonds is 7. The maximum Gasteiger partial charge on any atom is 0.303 e. The molecule has 0 atom stereocenters. The van der Waals surface area contributed by atoms with E-state index in [-0.39, 0.29) is 24.3 Å². The summed E-state index contributed by atoms with van der Waals surface area (Å²) < 4.78 is 26.6. The number of piperidine rings is 1. The molecule has 122 valence electrons. The summed E-state index contributed by atoms with van der Waals surface area (Å²) in [5.41, 5.74) is 1.05. The van der Waals surface area contributed by atoms with Crippen LogP contribution in [0.3, 0.4) is 0 Å². The van der Waals surface area contributed by atoms with Crippen LogP contribution in [0.25, 0.3) is 0 Å². The van der Waals surface area contributed by atoms with Gasteiger partial charge in [-0.3, -0.25) is 4.79 Å². The normalized spacial score (nSPS) is 15.7. The molecule has 0 spiro atoms. The molecule has 1 aromatic rings. The zero-order valence-electron chi connectivity index (χ0n) is 12.5. The fourth-order valence-electron chi connectivity index (χ4n) is 2.52. The minimum absolute atomic E-state index is 0.0452. The highest BCUT2D eigenvalue weighted by atomic mass is 32.2. The molecule has 6 nitrogen and oxygen atoms in total. The third kappa shape index (κ3) is 4.71. The summed E-state index contributed by atoms with van der Waals surface area (Å²) in [6.45, 7) is 2.15. The van der Waals surface area contributed by atoms with Crippen LogP contribution >= 0.6 is 0 Å². The maximum atomic E-state index is 12.1. The average molecular weight is 326 g/mol. The van der Waals surface area contributed by atoms with Crippen molar-refractivity contribution in [3.05, 3.63) is 24.3 Å². The number of benzene rings is 1. The summed E-state index contributed by atoms with van der Waals surface area (Å²) in [6, 6.07) is 6.86. The molecule has 1 heterocycles. The molecule has 1 aliphatic rings. The van der Waals surface area contributed by atoms with Gasteiger partial charge in [0, 0.05) is 31.7 Å². The summed E-state index contributed by atoms with van der Waals surface area (Å²) in [6.07, 6.45) is 3.83. The molecular weight excluding hydrogens is 304 g/mol. The Balaban J connectivity index is 1.94. The van der Waals surface area contributed by atoms with Gasteiger partial charge in [-0.15, -0.1) is 0 Å². The van der Waals surface area contributed by atoms with Gasteiger partial charge in [0.15, 0.2) is 0 Å². The SMILES string of the molecule is O=C(O)CCCNS(=O)(=O)c1ccc(N2CCCCC2)cc1. The summed E-state index contributed by atoms with van der Waals surface area (Å²) in [5, 5.41) is 8.53. The molecule has 0 saturated carbocycles. The Morgan fingerprint density at radius 2 is 1.77 bits per heavy atom. The van der Waals surface area contributed by atoms with Crippen LogP contribution in [0.5, 0.6) is 0 Å². The van der Waals surface area contributed by atoms with Crippen molar-refractivity contribution in [2.24, 2.45) is 0 Å². The van der Waals surface area contributed by atoms with E-state index in [0.29, 0.717) is 0 Å². The first-order valence-electron chi connectivity index (χ1n) is 7.55. The third-order valence-corrected chi connectivity index (χ3v) is 5.20. The monoisotopic (exact) mass is 326 g/mol. The van der Waals surface area contributed by atoms with Crippen LogP contribution in [0, 0.1) is 0 Å². The van der Waals surface area contributed by atoms with E-state index < -0.39 is 16.0 Å². The second-order valence-electron chi connectivity index (χ2n) is 5.44. The quantitative estimate of drug-likeness (QED) is 0.746. The average Bonchev–Trinajstić information content (AvgIpc) is 2.52. The number of aliphatic carboxylic acids is 1. The number of nitrogens with zero attached hydrogens (tertiary/aromatic N) is 1. The standard InChI is InChI=1S/C15H22N2O4S/c18-15(19)5-4-10-16-22(20,21)14-8-6-13(7-9-14)17-11-2-1-3-12-17/h6-9,16H,1-5,10-12H2,(H,18,19). The number of sulfonamides is 1. The Morgan fingerprint density at radius 3 is 2.36 bits per heavy atom. The van der Waals surface area contributed by atoms with Crippen molar-refractivity contribution in [1.82, 2.24) is 4.72 Å².